The Morgan fingerprint density at radius 2 is 2.31 bits per heavy atom. The van der Waals surface area contributed by atoms with Crippen molar-refractivity contribution in [2.75, 3.05) is 24.0 Å². The van der Waals surface area contributed by atoms with Gasteiger partial charge in [-0.15, -0.1) is 0 Å². The molecule has 0 aliphatic heterocycles. The molecule has 0 aliphatic rings. The van der Waals surface area contributed by atoms with E-state index in [1.54, 1.807) is 0 Å². The van der Waals surface area contributed by atoms with E-state index in [1.807, 2.05) is 30.1 Å². The van der Waals surface area contributed by atoms with Gasteiger partial charge in [0.1, 0.15) is 5.82 Å². The number of nitrogens with zero attached hydrogens (tertiary/aromatic N) is 2. The molecule has 0 saturated heterocycles. The third kappa shape index (κ3) is 3.12. The zero-order chi connectivity index (χ0) is 12.0. The Morgan fingerprint density at radius 1 is 1.56 bits per heavy atom. The van der Waals surface area contributed by atoms with Crippen LogP contribution in [-0.4, -0.2) is 30.1 Å². The second-order valence-corrected chi connectivity index (χ2v) is 4.73. The molecule has 0 radical (unpaired) electrons. The Hall–Kier alpha value is -0.740. The summed E-state index contributed by atoms with van der Waals surface area (Å²) in [6, 6.07) is 4.51. The quantitative estimate of drug-likeness (QED) is 0.825. The van der Waals surface area contributed by atoms with E-state index in [9.17, 15) is 0 Å². The van der Waals surface area contributed by atoms with Crippen molar-refractivity contribution in [3.8, 4) is 0 Å². The van der Waals surface area contributed by atoms with Crippen LogP contribution in [0.25, 0.3) is 0 Å². The van der Waals surface area contributed by atoms with Gasteiger partial charge >= 0.3 is 0 Å². The first-order chi connectivity index (χ1) is 7.74. The molecule has 1 atom stereocenters. The molecule has 1 unspecified atom stereocenters. The fraction of sp³-hybridized carbons (Fsp3) is 0.583. The smallest absolute Gasteiger partial charge is 0.133 e. The van der Waals surface area contributed by atoms with Gasteiger partial charge in [0.15, 0.2) is 0 Å². The number of nitrogens with two attached hydrogens (primary N) is 1. The molecular weight excluding hydrogens is 218 g/mol. The van der Waals surface area contributed by atoms with Crippen LogP contribution >= 0.6 is 11.8 Å². The molecule has 1 rings (SSSR count). The molecule has 0 fully saturated rings. The second kappa shape index (κ2) is 6.76. The summed E-state index contributed by atoms with van der Waals surface area (Å²) in [5.41, 5.74) is 6.85. The number of hydrogen-bond donors (Lipinski definition) is 1. The van der Waals surface area contributed by atoms with E-state index in [1.165, 1.54) is 0 Å². The highest BCUT2D eigenvalue weighted by Crippen LogP contribution is 2.20. The normalized spacial score (nSPS) is 12.5. The topological polar surface area (TPSA) is 42.2 Å². The van der Waals surface area contributed by atoms with Gasteiger partial charge in [0.25, 0.3) is 0 Å². The van der Waals surface area contributed by atoms with E-state index < -0.39 is 0 Å². The van der Waals surface area contributed by atoms with Crippen molar-refractivity contribution in [2.45, 2.75) is 25.9 Å². The van der Waals surface area contributed by atoms with Crippen molar-refractivity contribution in [3.63, 3.8) is 0 Å². The van der Waals surface area contributed by atoms with E-state index in [0.717, 1.165) is 23.6 Å². The Morgan fingerprint density at radius 3 is 2.88 bits per heavy atom. The standard InChI is InChI=1S/C12H21N3S/c1-4-11(9-16-3)15(2)12-10(8-13)6-5-7-14-12/h5-7,11H,4,8-9,13H2,1-3H3. The summed E-state index contributed by atoms with van der Waals surface area (Å²) in [4.78, 5) is 6.69. The number of rotatable bonds is 6. The molecule has 0 aromatic carbocycles. The van der Waals surface area contributed by atoms with Gasteiger partial charge in [-0.3, -0.25) is 0 Å². The van der Waals surface area contributed by atoms with Crippen LogP contribution in [-0.2, 0) is 6.54 Å². The number of hydrogen-bond acceptors (Lipinski definition) is 4. The molecule has 3 nitrogen and oxygen atoms in total. The predicted molar refractivity (Wildman–Crippen MR) is 73.0 cm³/mol. The van der Waals surface area contributed by atoms with Gasteiger partial charge in [-0.2, -0.15) is 11.8 Å². The van der Waals surface area contributed by atoms with Crippen molar-refractivity contribution in [1.29, 1.82) is 0 Å². The minimum Gasteiger partial charge on any atom is -0.356 e. The molecule has 90 valence electrons. The SMILES string of the molecule is CCC(CSC)N(C)c1ncccc1CN. The molecule has 0 aliphatic carbocycles. The lowest BCUT2D eigenvalue weighted by Crippen LogP contribution is -2.34. The summed E-state index contributed by atoms with van der Waals surface area (Å²) < 4.78 is 0. The van der Waals surface area contributed by atoms with Crippen LogP contribution in [0.2, 0.25) is 0 Å². The molecule has 0 bridgehead atoms. The van der Waals surface area contributed by atoms with E-state index in [-0.39, 0.29) is 0 Å². The van der Waals surface area contributed by atoms with Crippen molar-refractivity contribution in [1.82, 2.24) is 4.98 Å². The van der Waals surface area contributed by atoms with E-state index in [0.29, 0.717) is 12.6 Å². The average molecular weight is 239 g/mol. The molecule has 1 aromatic heterocycles. The average Bonchev–Trinajstić information content (AvgIpc) is 2.35. The van der Waals surface area contributed by atoms with E-state index in [4.69, 9.17) is 5.73 Å². The number of anilines is 1. The van der Waals surface area contributed by atoms with Gasteiger partial charge < -0.3 is 10.6 Å². The van der Waals surface area contributed by atoms with Crippen LogP contribution in [0, 0.1) is 0 Å². The molecule has 16 heavy (non-hydrogen) atoms. The number of pyridine rings is 1. The third-order valence-electron chi connectivity index (χ3n) is 2.80. The van der Waals surface area contributed by atoms with Gasteiger partial charge in [-0.1, -0.05) is 13.0 Å². The highest BCUT2D eigenvalue weighted by atomic mass is 32.2. The van der Waals surface area contributed by atoms with E-state index in [2.05, 4.69) is 30.1 Å². The van der Waals surface area contributed by atoms with Gasteiger partial charge in [-0.25, -0.2) is 4.98 Å². The zero-order valence-electron chi connectivity index (χ0n) is 10.3. The molecule has 1 heterocycles. The first-order valence-electron chi connectivity index (χ1n) is 5.60. The molecule has 4 heteroatoms. The summed E-state index contributed by atoms with van der Waals surface area (Å²) in [6.07, 6.45) is 5.09. The van der Waals surface area contributed by atoms with Crippen LogP contribution in [0.4, 0.5) is 5.82 Å². The van der Waals surface area contributed by atoms with Gasteiger partial charge in [0, 0.05) is 37.1 Å². The van der Waals surface area contributed by atoms with Crippen LogP contribution in [0.1, 0.15) is 18.9 Å². The molecule has 0 amide bonds. The van der Waals surface area contributed by atoms with Gasteiger partial charge in [0.2, 0.25) is 0 Å². The molecule has 0 saturated carbocycles. The van der Waals surface area contributed by atoms with Crippen LogP contribution < -0.4 is 10.6 Å². The lowest BCUT2D eigenvalue weighted by atomic mass is 10.2. The van der Waals surface area contributed by atoms with Gasteiger partial charge in [-0.05, 0) is 18.7 Å². The fourth-order valence-corrected chi connectivity index (χ4v) is 2.62. The van der Waals surface area contributed by atoms with Crippen LogP contribution in [0.3, 0.4) is 0 Å². The van der Waals surface area contributed by atoms with Crippen LogP contribution in [0.15, 0.2) is 18.3 Å². The summed E-state index contributed by atoms with van der Waals surface area (Å²) in [5.74, 6) is 2.14. The molecule has 2 N–H and O–H groups in total. The predicted octanol–water partition coefficient (Wildman–Crippen LogP) is 2.12. The minimum absolute atomic E-state index is 0.523. The number of thioether (sulfide) groups is 1. The summed E-state index contributed by atoms with van der Waals surface area (Å²) >= 11 is 1.87. The Balaban J connectivity index is 2.88. The van der Waals surface area contributed by atoms with Crippen molar-refractivity contribution >= 4 is 17.6 Å². The maximum absolute atomic E-state index is 5.73. The first kappa shape index (κ1) is 13.3. The monoisotopic (exact) mass is 239 g/mol. The van der Waals surface area contributed by atoms with E-state index >= 15 is 0 Å². The lowest BCUT2D eigenvalue weighted by molar-refractivity contribution is 0.662. The highest BCUT2D eigenvalue weighted by Gasteiger charge is 2.15. The Bertz CT molecular complexity index is 317. The van der Waals surface area contributed by atoms with Gasteiger partial charge in [0.05, 0.1) is 0 Å². The zero-order valence-corrected chi connectivity index (χ0v) is 11.1. The third-order valence-corrected chi connectivity index (χ3v) is 3.52. The molecule has 0 spiro atoms. The second-order valence-electron chi connectivity index (χ2n) is 3.82. The highest BCUT2D eigenvalue weighted by molar-refractivity contribution is 7.98. The minimum atomic E-state index is 0.523. The fourth-order valence-electron chi connectivity index (χ4n) is 1.78. The first-order valence-corrected chi connectivity index (χ1v) is 6.99. The van der Waals surface area contributed by atoms with Crippen molar-refractivity contribution in [2.24, 2.45) is 5.73 Å². The maximum atomic E-state index is 5.73. The Labute approximate surface area is 102 Å². The Kier molecular flexibility index (Phi) is 5.63. The largest absolute Gasteiger partial charge is 0.356 e. The maximum Gasteiger partial charge on any atom is 0.133 e. The number of aromatic nitrogens is 1. The van der Waals surface area contributed by atoms with Crippen LogP contribution in [0.5, 0.6) is 0 Å². The van der Waals surface area contributed by atoms with Crippen molar-refractivity contribution in [3.05, 3.63) is 23.9 Å². The summed E-state index contributed by atoms with van der Waals surface area (Å²) in [6.45, 7) is 2.76. The summed E-state index contributed by atoms with van der Waals surface area (Å²) in [5, 5.41) is 0. The molecule has 1 aromatic rings. The summed E-state index contributed by atoms with van der Waals surface area (Å²) in [7, 11) is 2.10. The lowest BCUT2D eigenvalue weighted by Gasteiger charge is -2.29. The van der Waals surface area contributed by atoms with Crippen molar-refractivity contribution < 1.29 is 0 Å². The molecular formula is C12H21N3S.